The minimum atomic E-state index is -0.223. The number of carbonyl (C=O) groups excluding carboxylic acids is 2. The summed E-state index contributed by atoms with van der Waals surface area (Å²) < 4.78 is 0. The molecule has 0 aliphatic carbocycles. The average molecular weight is 248 g/mol. The van der Waals surface area contributed by atoms with Crippen LogP contribution in [-0.4, -0.2) is 22.2 Å². The molecule has 88 valence electrons. The number of benzene rings is 1. The van der Waals surface area contributed by atoms with E-state index in [1.165, 1.54) is 18.7 Å². The third kappa shape index (κ3) is 3.17. The largest absolute Gasteiger partial charge is 0.305 e. The standard InChI is InChI=1S/C12H12N2O2S/c1-8(15)13-12-14-11(16)10(17-12)7-9-5-3-2-4-6-9/h2-6,10H,7H2,1H3,(H,13,14,15,16). The lowest BCUT2D eigenvalue weighted by molar-refractivity contribution is -0.117. The van der Waals surface area contributed by atoms with Crippen LogP contribution in [0, 0.1) is 0 Å². The van der Waals surface area contributed by atoms with Crippen LogP contribution >= 0.6 is 11.8 Å². The van der Waals surface area contributed by atoms with Crippen LogP contribution in [0.5, 0.6) is 0 Å². The predicted octanol–water partition coefficient (Wildman–Crippen LogP) is 1.36. The maximum atomic E-state index is 11.6. The summed E-state index contributed by atoms with van der Waals surface area (Å²) in [5.41, 5.74) is 1.10. The molecule has 1 aliphatic heterocycles. The second-order valence-electron chi connectivity index (χ2n) is 3.73. The minimum absolute atomic E-state index is 0.178. The molecule has 0 saturated heterocycles. The van der Waals surface area contributed by atoms with Gasteiger partial charge >= 0.3 is 0 Å². The van der Waals surface area contributed by atoms with Gasteiger partial charge in [0.25, 0.3) is 5.91 Å². The molecule has 0 fully saturated rings. The van der Waals surface area contributed by atoms with E-state index in [4.69, 9.17) is 0 Å². The molecule has 2 rings (SSSR count). The maximum Gasteiger partial charge on any atom is 0.262 e. The van der Waals surface area contributed by atoms with E-state index in [-0.39, 0.29) is 17.1 Å². The van der Waals surface area contributed by atoms with Crippen LogP contribution in [0.2, 0.25) is 0 Å². The second-order valence-corrected chi connectivity index (χ2v) is 4.92. The molecule has 1 unspecified atom stereocenters. The fourth-order valence-electron chi connectivity index (χ4n) is 1.55. The number of amidine groups is 1. The molecule has 17 heavy (non-hydrogen) atoms. The summed E-state index contributed by atoms with van der Waals surface area (Å²) in [6.45, 7) is 1.40. The molecule has 1 heterocycles. The van der Waals surface area contributed by atoms with Gasteiger partial charge in [0, 0.05) is 6.92 Å². The van der Waals surface area contributed by atoms with E-state index in [1.807, 2.05) is 30.3 Å². The highest BCUT2D eigenvalue weighted by Gasteiger charge is 2.28. The van der Waals surface area contributed by atoms with Crippen molar-refractivity contribution in [3.05, 3.63) is 35.9 Å². The topological polar surface area (TPSA) is 58.5 Å². The molecule has 1 aliphatic rings. The first-order valence-corrected chi connectivity index (χ1v) is 6.14. The van der Waals surface area contributed by atoms with E-state index < -0.39 is 0 Å². The van der Waals surface area contributed by atoms with E-state index in [0.29, 0.717) is 11.6 Å². The van der Waals surface area contributed by atoms with E-state index in [0.717, 1.165) is 5.56 Å². The Labute approximate surface area is 104 Å². The highest BCUT2D eigenvalue weighted by Crippen LogP contribution is 2.24. The molecular weight excluding hydrogens is 236 g/mol. The number of carbonyl (C=O) groups is 2. The number of hydrogen-bond donors (Lipinski definition) is 1. The van der Waals surface area contributed by atoms with Crippen molar-refractivity contribution in [1.82, 2.24) is 5.32 Å². The number of nitrogens with one attached hydrogen (secondary N) is 1. The van der Waals surface area contributed by atoms with Crippen LogP contribution in [0.3, 0.4) is 0 Å². The van der Waals surface area contributed by atoms with E-state index >= 15 is 0 Å². The molecule has 1 N–H and O–H groups in total. The van der Waals surface area contributed by atoms with Gasteiger partial charge in [-0.3, -0.25) is 9.59 Å². The van der Waals surface area contributed by atoms with E-state index in [2.05, 4.69) is 10.3 Å². The van der Waals surface area contributed by atoms with Gasteiger partial charge in [0.05, 0.1) is 5.25 Å². The normalized spacial score (nSPS) is 19.0. The summed E-state index contributed by atoms with van der Waals surface area (Å²) in [6, 6.07) is 9.77. The van der Waals surface area contributed by atoms with Crippen molar-refractivity contribution in [3.63, 3.8) is 0 Å². The molecule has 0 bridgehead atoms. The number of rotatable bonds is 2. The van der Waals surface area contributed by atoms with E-state index in [9.17, 15) is 9.59 Å². The first kappa shape index (κ1) is 11.9. The first-order valence-electron chi connectivity index (χ1n) is 5.26. The first-order chi connectivity index (χ1) is 8.15. The van der Waals surface area contributed by atoms with Gasteiger partial charge in [-0.2, -0.15) is 4.99 Å². The maximum absolute atomic E-state index is 11.6. The third-order valence-corrected chi connectivity index (χ3v) is 3.36. The fourth-order valence-corrected chi connectivity index (χ4v) is 2.59. The van der Waals surface area contributed by atoms with Gasteiger partial charge in [-0.1, -0.05) is 42.1 Å². The Balaban J connectivity index is 1.98. The Morgan fingerprint density at radius 1 is 1.41 bits per heavy atom. The van der Waals surface area contributed by atoms with Crippen molar-refractivity contribution < 1.29 is 9.59 Å². The van der Waals surface area contributed by atoms with Gasteiger partial charge in [-0.05, 0) is 12.0 Å². The summed E-state index contributed by atoms with van der Waals surface area (Å²) in [4.78, 5) is 26.3. The van der Waals surface area contributed by atoms with E-state index in [1.54, 1.807) is 0 Å². The van der Waals surface area contributed by atoms with Gasteiger partial charge in [-0.25, -0.2) is 0 Å². The Hall–Kier alpha value is -1.62. The van der Waals surface area contributed by atoms with Gasteiger partial charge in [0.2, 0.25) is 5.91 Å². The third-order valence-electron chi connectivity index (χ3n) is 2.29. The Bertz CT molecular complexity index is 471. The average Bonchev–Trinajstić information content (AvgIpc) is 2.59. The smallest absolute Gasteiger partial charge is 0.262 e. The summed E-state index contributed by atoms with van der Waals surface area (Å²) in [7, 11) is 0. The van der Waals surface area contributed by atoms with Crippen LogP contribution in [-0.2, 0) is 16.0 Å². The molecule has 1 atom stereocenters. The van der Waals surface area contributed by atoms with Gasteiger partial charge in [0.1, 0.15) is 0 Å². The van der Waals surface area contributed by atoms with Crippen molar-refractivity contribution in [1.29, 1.82) is 0 Å². The molecule has 0 spiro atoms. The van der Waals surface area contributed by atoms with Gasteiger partial charge in [-0.15, -0.1) is 0 Å². The van der Waals surface area contributed by atoms with Crippen LogP contribution in [0.1, 0.15) is 12.5 Å². The fraction of sp³-hybridized carbons (Fsp3) is 0.250. The van der Waals surface area contributed by atoms with Crippen LogP contribution < -0.4 is 5.32 Å². The Morgan fingerprint density at radius 3 is 2.76 bits per heavy atom. The zero-order valence-electron chi connectivity index (χ0n) is 9.34. The molecular formula is C12H12N2O2S. The number of hydrogen-bond acceptors (Lipinski definition) is 3. The number of aliphatic imine (C=N–C) groups is 1. The zero-order valence-corrected chi connectivity index (χ0v) is 10.2. The molecule has 0 aromatic heterocycles. The number of amides is 2. The van der Waals surface area contributed by atoms with Crippen molar-refractivity contribution in [2.45, 2.75) is 18.6 Å². The quantitative estimate of drug-likeness (QED) is 0.859. The molecule has 1 aromatic carbocycles. The van der Waals surface area contributed by atoms with Gasteiger partial charge < -0.3 is 5.32 Å². The number of nitrogens with zero attached hydrogens (tertiary/aromatic N) is 1. The molecule has 0 radical (unpaired) electrons. The lowest BCUT2D eigenvalue weighted by Gasteiger charge is -2.06. The van der Waals surface area contributed by atoms with Crippen molar-refractivity contribution in [2.75, 3.05) is 0 Å². The highest BCUT2D eigenvalue weighted by molar-refractivity contribution is 8.15. The van der Waals surface area contributed by atoms with Crippen LogP contribution in [0.25, 0.3) is 0 Å². The molecule has 0 saturated carbocycles. The summed E-state index contributed by atoms with van der Waals surface area (Å²) >= 11 is 1.31. The zero-order chi connectivity index (χ0) is 12.3. The summed E-state index contributed by atoms with van der Waals surface area (Å²) in [5.74, 6) is -0.382. The lowest BCUT2D eigenvalue weighted by atomic mass is 10.1. The van der Waals surface area contributed by atoms with Crippen LogP contribution in [0.15, 0.2) is 35.3 Å². The number of thioether (sulfide) groups is 1. The van der Waals surface area contributed by atoms with Crippen molar-refractivity contribution in [2.24, 2.45) is 4.99 Å². The SMILES string of the molecule is CC(=O)NC1=NC(=O)C(Cc2ccccc2)S1. The Kier molecular flexibility index (Phi) is 3.58. The van der Waals surface area contributed by atoms with Crippen molar-refractivity contribution >= 4 is 28.7 Å². The molecule has 1 aromatic rings. The lowest BCUT2D eigenvalue weighted by Crippen LogP contribution is -2.24. The minimum Gasteiger partial charge on any atom is -0.305 e. The predicted molar refractivity (Wildman–Crippen MR) is 67.8 cm³/mol. The summed E-state index contributed by atoms with van der Waals surface area (Å²) in [5, 5.41) is 2.72. The molecule has 5 heteroatoms. The Morgan fingerprint density at radius 2 is 2.12 bits per heavy atom. The monoisotopic (exact) mass is 248 g/mol. The second kappa shape index (κ2) is 5.14. The highest BCUT2D eigenvalue weighted by atomic mass is 32.2. The summed E-state index contributed by atoms with van der Waals surface area (Å²) in [6.07, 6.45) is 0.636. The van der Waals surface area contributed by atoms with Crippen LogP contribution in [0.4, 0.5) is 0 Å². The van der Waals surface area contributed by atoms with Gasteiger partial charge in [0.15, 0.2) is 5.17 Å². The van der Waals surface area contributed by atoms with Crippen molar-refractivity contribution in [3.8, 4) is 0 Å². The molecule has 4 nitrogen and oxygen atoms in total. The molecule has 2 amide bonds.